The maximum atomic E-state index is 13.3. The van der Waals surface area contributed by atoms with Crippen LogP contribution in [0.5, 0.6) is 0 Å². The van der Waals surface area contributed by atoms with Crippen LogP contribution < -0.4 is 0 Å². The van der Waals surface area contributed by atoms with Crippen LogP contribution in [-0.2, 0) is 23.2 Å². The summed E-state index contributed by atoms with van der Waals surface area (Å²) in [5.41, 5.74) is 5.13. The number of thioether (sulfide) groups is 1. The summed E-state index contributed by atoms with van der Waals surface area (Å²) in [7, 11) is -3.87. The predicted octanol–water partition coefficient (Wildman–Crippen LogP) is 5.17. The second kappa shape index (κ2) is 10.1. The fourth-order valence-electron chi connectivity index (χ4n) is 4.46. The number of hydrogen-bond acceptors (Lipinski definition) is 4. The highest BCUT2D eigenvalue weighted by molar-refractivity contribution is 8.13. The number of benzene rings is 3. The molecule has 180 valence electrons. The molecule has 1 atom stereocenters. The first-order valence-corrected chi connectivity index (χ1v) is 14.3. The standard InChI is InChI=1S/C26H25ClN4O2S2/c1-34-26(29-35(32,33)30-16-15-19-7-5-6-10-22(19)17-30)31-18-24(20-8-3-2-4-9-20)25(28-31)21-11-13-23(27)14-12-21/h2-14,24H,15-18H2,1H3/b29-26-. The van der Waals surface area contributed by atoms with Crippen molar-refractivity contribution in [3.05, 3.63) is 106 Å². The largest absolute Gasteiger partial charge is 0.325 e. The van der Waals surface area contributed by atoms with Gasteiger partial charge in [0, 0.05) is 24.0 Å². The van der Waals surface area contributed by atoms with Gasteiger partial charge in [0.05, 0.1) is 12.3 Å². The van der Waals surface area contributed by atoms with Crippen molar-refractivity contribution in [3.8, 4) is 0 Å². The topological polar surface area (TPSA) is 65.3 Å². The molecule has 0 saturated carbocycles. The van der Waals surface area contributed by atoms with Crippen molar-refractivity contribution in [1.29, 1.82) is 0 Å². The Morgan fingerprint density at radius 3 is 2.40 bits per heavy atom. The Hall–Kier alpha value is -2.65. The van der Waals surface area contributed by atoms with Gasteiger partial charge in [-0.2, -0.15) is 17.8 Å². The van der Waals surface area contributed by atoms with Crippen LogP contribution in [-0.4, -0.2) is 48.0 Å². The van der Waals surface area contributed by atoms with E-state index < -0.39 is 10.2 Å². The quantitative estimate of drug-likeness (QED) is 0.349. The lowest BCUT2D eigenvalue weighted by atomic mass is 9.91. The number of amidine groups is 1. The summed E-state index contributed by atoms with van der Waals surface area (Å²) >= 11 is 7.39. The lowest BCUT2D eigenvalue weighted by molar-refractivity contribution is 0.391. The van der Waals surface area contributed by atoms with E-state index in [-0.39, 0.29) is 5.92 Å². The molecular formula is C26H25ClN4O2S2. The minimum Gasteiger partial charge on any atom is -0.240 e. The molecule has 2 heterocycles. The van der Waals surface area contributed by atoms with Crippen LogP contribution in [0.2, 0.25) is 5.02 Å². The van der Waals surface area contributed by atoms with E-state index in [1.165, 1.54) is 21.6 Å². The maximum absolute atomic E-state index is 13.3. The van der Waals surface area contributed by atoms with Gasteiger partial charge in [-0.15, -0.1) is 4.40 Å². The lowest BCUT2D eigenvalue weighted by Crippen LogP contribution is -2.36. The van der Waals surface area contributed by atoms with Crippen molar-refractivity contribution < 1.29 is 8.42 Å². The summed E-state index contributed by atoms with van der Waals surface area (Å²) in [6.07, 6.45) is 2.51. The third-order valence-corrected chi connectivity index (χ3v) is 8.68. The van der Waals surface area contributed by atoms with Crippen LogP contribution in [0.3, 0.4) is 0 Å². The normalized spacial score (nSPS) is 18.9. The molecule has 0 fully saturated rings. The summed E-state index contributed by atoms with van der Waals surface area (Å²) in [5.74, 6) is -0.0284. The molecule has 0 aromatic heterocycles. The van der Waals surface area contributed by atoms with Crippen molar-refractivity contribution in [3.63, 3.8) is 0 Å². The monoisotopic (exact) mass is 524 g/mol. The average Bonchev–Trinajstić information content (AvgIpc) is 3.33. The zero-order chi connectivity index (χ0) is 24.4. The minimum absolute atomic E-state index is 0.0284. The Morgan fingerprint density at radius 2 is 1.69 bits per heavy atom. The molecule has 0 N–H and O–H groups in total. The van der Waals surface area contributed by atoms with E-state index in [1.807, 2.05) is 66.9 Å². The second-order valence-corrected chi connectivity index (χ2v) is 11.3. The van der Waals surface area contributed by atoms with E-state index in [0.717, 1.165) is 22.4 Å². The molecule has 3 aromatic carbocycles. The van der Waals surface area contributed by atoms with E-state index in [4.69, 9.17) is 16.7 Å². The third-order valence-electron chi connectivity index (χ3n) is 6.27. The SMILES string of the molecule is CS/C(=N\S(=O)(=O)N1CCc2ccccc2C1)N1CC(c2ccccc2)C(c2ccc(Cl)cc2)=N1. The Morgan fingerprint density at radius 1 is 1.00 bits per heavy atom. The van der Waals surface area contributed by atoms with E-state index in [0.29, 0.717) is 36.2 Å². The van der Waals surface area contributed by atoms with Gasteiger partial charge in [-0.05, 0) is 47.1 Å². The smallest absolute Gasteiger partial charge is 0.240 e. The fourth-order valence-corrected chi connectivity index (χ4v) is 6.53. The number of rotatable bonds is 4. The zero-order valence-electron chi connectivity index (χ0n) is 19.2. The number of halogens is 1. The lowest BCUT2D eigenvalue weighted by Gasteiger charge is -2.26. The average molecular weight is 525 g/mol. The van der Waals surface area contributed by atoms with E-state index in [1.54, 1.807) is 5.01 Å². The van der Waals surface area contributed by atoms with Crippen molar-refractivity contribution in [2.45, 2.75) is 18.9 Å². The molecule has 2 aliphatic heterocycles. The summed E-state index contributed by atoms with van der Waals surface area (Å²) in [6.45, 7) is 1.24. The minimum atomic E-state index is -3.87. The molecule has 9 heteroatoms. The van der Waals surface area contributed by atoms with Crippen molar-refractivity contribution in [2.75, 3.05) is 19.3 Å². The molecule has 0 radical (unpaired) electrons. The number of fused-ring (bicyclic) bond motifs is 1. The van der Waals surface area contributed by atoms with Gasteiger partial charge in [-0.25, -0.2) is 5.01 Å². The summed E-state index contributed by atoms with van der Waals surface area (Å²) in [5, 5.41) is 7.57. The molecule has 5 rings (SSSR count). The van der Waals surface area contributed by atoms with Crippen LogP contribution in [0, 0.1) is 0 Å². The summed E-state index contributed by atoms with van der Waals surface area (Å²) in [4.78, 5) is 0. The molecule has 0 saturated heterocycles. The number of nitrogens with zero attached hydrogens (tertiary/aromatic N) is 4. The Bertz CT molecular complexity index is 1380. The van der Waals surface area contributed by atoms with Crippen LogP contribution in [0.1, 0.15) is 28.2 Å². The molecule has 0 bridgehead atoms. The van der Waals surface area contributed by atoms with Crippen molar-refractivity contribution in [2.24, 2.45) is 9.50 Å². The highest BCUT2D eigenvalue weighted by Crippen LogP contribution is 2.31. The molecule has 3 aromatic rings. The molecule has 1 unspecified atom stereocenters. The Balaban J connectivity index is 1.46. The maximum Gasteiger partial charge on any atom is 0.325 e. The predicted molar refractivity (Wildman–Crippen MR) is 144 cm³/mol. The summed E-state index contributed by atoms with van der Waals surface area (Å²) < 4.78 is 32.3. The fraction of sp³-hybridized carbons (Fsp3) is 0.231. The molecule has 2 aliphatic rings. The van der Waals surface area contributed by atoms with E-state index in [2.05, 4.69) is 22.6 Å². The molecule has 0 amide bonds. The van der Waals surface area contributed by atoms with Crippen LogP contribution in [0.15, 0.2) is 88.4 Å². The van der Waals surface area contributed by atoms with Gasteiger partial charge in [-0.3, -0.25) is 0 Å². The van der Waals surface area contributed by atoms with Crippen LogP contribution in [0.25, 0.3) is 0 Å². The molecular weight excluding hydrogens is 500 g/mol. The van der Waals surface area contributed by atoms with Gasteiger partial charge in [0.15, 0.2) is 5.17 Å². The van der Waals surface area contributed by atoms with Crippen molar-refractivity contribution in [1.82, 2.24) is 9.31 Å². The third kappa shape index (κ3) is 5.16. The zero-order valence-corrected chi connectivity index (χ0v) is 21.6. The van der Waals surface area contributed by atoms with Crippen molar-refractivity contribution >= 4 is 44.5 Å². The summed E-state index contributed by atoms with van der Waals surface area (Å²) in [6, 6.07) is 25.6. The van der Waals surface area contributed by atoms with Gasteiger partial charge < -0.3 is 0 Å². The van der Waals surface area contributed by atoms with Gasteiger partial charge in [0.1, 0.15) is 0 Å². The molecule has 35 heavy (non-hydrogen) atoms. The molecule has 6 nitrogen and oxygen atoms in total. The Labute approximate surface area is 215 Å². The van der Waals surface area contributed by atoms with E-state index in [9.17, 15) is 8.42 Å². The molecule has 0 aliphatic carbocycles. The molecule has 0 spiro atoms. The number of hydrazone groups is 1. The Kier molecular flexibility index (Phi) is 6.98. The van der Waals surface area contributed by atoms with Crippen LogP contribution >= 0.6 is 23.4 Å². The van der Waals surface area contributed by atoms with Gasteiger partial charge in [0.2, 0.25) is 0 Å². The first kappa shape index (κ1) is 24.1. The van der Waals surface area contributed by atoms with Gasteiger partial charge >= 0.3 is 10.2 Å². The highest BCUT2D eigenvalue weighted by Gasteiger charge is 2.33. The van der Waals surface area contributed by atoms with Gasteiger partial charge in [-0.1, -0.05) is 90.1 Å². The van der Waals surface area contributed by atoms with Gasteiger partial charge in [0.25, 0.3) is 0 Å². The van der Waals surface area contributed by atoms with E-state index >= 15 is 0 Å². The second-order valence-electron chi connectivity index (χ2n) is 8.45. The first-order chi connectivity index (χ1) is 16.9. The first-order valence-electron chi connectivity index (χ1n) is 11.3. The van der Waals surface area contributed by atoms with Crippen LogP contribution in [0.4, 0.5) is 0 Å². The highest BCUT2D eigenvalue weighted by atomic mass is 35.5. The number of hydrogen-bond donors (Lipinski definition) is 0.